The number of amides is 1. The van der Waals surface area contributed by atoms with Crippen molar-refractivity contribution in [3.05, 3.63) is 89.5 Å². The Balaban J connectivity index is 0.000000179. The quantitative estimate of drug-likeness (QED) is 0.180. The molecule has 2 aliphatic carbocycles. The number of halogens is 4. The van der Waals surface area contributed by atoms with Gasteiger partial charge in [-0.05, 0) is 173 Å². The summed E-state index contributed by atoms with van der Waals surface area (Å²) in [6.45, 7) is 6.37. The van der Waals surface area contributed by atoms with E-state index < -0.39 is 55.3 Å². The highest BCUT2D eigenvalue weighted by molar-refractivity contribution is 9.10. The van der Waals surface area contributed by atoms with Gasteiger partial charge in [0.25, 0.3) is 10.2 Å². The van der Waals surface area contributed by atoms with Crippen LogP contribution in [0.2, 0.25) is 0 Å². The van der Waals surface area contributed by atoms with Gasteiger partial charge >= 0.3 is 27.8 Å². The van der Waals surface area contributed by atoms with Gasteiger partial charge in [-0.15, -0.1) is 0 Å². The van der Waals surface area contributed by atoms with Gasteiger partial charge < -0.3 is 4.74 Å². The third kappa shape index (κ3) is 10.8. The number of nitrogens with zero attached hydrogens (tertiary/aromatic N) is 10. The van der Waals surface area contributed by atoms with Gasteiger partial charge in [0, 0.05) is 26.2 Å². The molecule has 4 atom stereocenters. The largest absolute Gasteiger partial charge is 0.446 e. The summed E-state index contributed by atoms with van der Waals surface area (Å²) >= 11 is 6.21. The number of carbonyl (C=O) groups is 1. The summed E-state index contributed by atoms with van der Waals surface area (Å²) in [5, 5.41) is 28.8. The first-order chi connectivity index (χ1) is 33.5. The fourth-order valence-corrected chi connectivity index (χ4v) is 12.7. The molecule has 2 saturated heterocycles. The van der Waals surface area contributed by atoms with Gasteiger partial charge in [-0.1, -0.05) is 20.6 Å². The van der Waals surface area contributed by atoms with Crippen molar-refractivity contribution in [2.75, 3.05) is 26.2 Å². The number of ether oxygens (including phenoxy) is 1. The van der Waals surface area contributed by atoms with Crippen molar-refractivity contribution in [3.63, 3.8) is 0 Å². The van der Waals surface area contributed by atoms with Gasteiger partial charge in [-0.3, -0.25) is 9.05 Å². The number of benzene rings is 2. The number of nitrogens with two attached hydrogens (primary N) is 1. The standard InChI is InChI=1S/C23H26BrFN6O7S.C18H18BrFN6O5S/c1-23(2,3)36-21(32)29-39(34,35)30-10-13-6-12(7-14(13)11-30)8-18-19(27-38-26-18)20-28-37-22(33)31(20)15-4-5-17(25)16(24)9-15;19-13-6-12(1-2-14(13)20)26-17(24-30-18(26)27)16-15(22-31-23-16)5-9-3-10-7-25(32(21,28)29)8-11(10)4-9/h4-5,9,12-14H,6-8,10-11H2,1-3H3,(H,29,32);1-2,6,9-11H,3-5,7-8H2,(H2,21,28,29). The lowest BCUT2D eigenvalue weighted by molar-refractivity contribution is 0.0567. The van der Waals surface area contributed by atoms with E-state index in [0.29, 0.717) is 48.7 Å². The maximum absolute atomic E-state index is 13.7. The monoisotopic (exact) mass is 1160 g/mol. The zero-order valence-electron chi connectivity index (χ0n) is 37.8. The van der Waals surface area contributed by atoms with Crippen molar-refractivity contribution < 1.29 is 53.5 Å². The van der Waals surface area contributed by atoms with Gasteiger partial charge in [0.2, 0.25) is 11.6 Å². The van der Waals surface area contributed by atoms with Gasteiger partial charge in [-0.25, -0.2) is 51.4 Å². The van der Waals surface area contributed by atoms with Crippen molar-refractivity contribution in [2.45, 2.75) is 64.9 Å². The second-order valence-electron chi connectivity index (χ2n) is 18.9. The summed E-state index contributed by atoms with van der Waals surface area (Å²) in [6.07, 6.45) is 3.07. The second kappa shape index (κ2) is 19.5. The van der Waals surface area contributed by atoms with E-state index in [1.54, 1.807) is 20.8 Å². The van der Waals surface area contributed by atoms with Crippen LogP contribution in [0, 0.1) is 47.1 Å². The highest BCUT2D eigenvalue weighted by atomic mass is 79.9. The Morgan fingerprint density at radius 1 is 0.704 bits per heavy atom. The lowest BCUT2D eigenvalue weighted by Gasteiger charge is -2.22. The van der Waals surface area contributed by atoms with E-state index in [9.17, 15) is 40.0 Å². The average molecular weight is 1160 g/mol. The zero-order chi connectivity index (χ0) is 50.7. The molecule has 380 valence electrons. The maximum atomic E-state index is 13.7. The number of carbonyl (C=O) groups excluding carboxylic acids is 1. The van der Waals surface area contributed by atoms with E-state index in [-0.39, 0.29) is 80.6 Å². The molecule has 24 nitrogen and oxygen atoms in total. The van der Waals surface area contributed by atoms with Crippen molar-refractivity contribution in [3.8, 4) is 34.4 Å². The van der Waals surface area contributed by atoms with Gasteiger partial charge in [0.15, 0.2) is 11.4 Å². The van der Waals surface area contributed by atoms with E-state index in [0.717, 1.165) is 30.3 Å². The first-order valence-electron chi connectivity index (χ1n) is 22.0. The smallest absolute Gasteiger partial charge is 0.443 e. The minimum absolute atomic E-state index is 0.0680. The number of nitrogens with one attached hydrogen (secondary N) is 1. The number of fused-ring (bicyclic) bond motifs is 2. The maximum Gasteiger partial charge on any atom is 0.446 e. The summed E-state index contributed by atoms with van der Waals surface area (Å²) in [7, 11) is -7.70. The molecule has 6 heterocycles. The van der Waals surface area contributed by atoms with Gasteiger partial charge in [0.05, 0.1) is 20.3 Å². The second-order valence-corrected chi connectivity index (χ2v) is 23.9. The molecular weight excluding hydrogens is 1110 g/mol. The summed E-state index contributed by atoms with van der Waals surface area (Å²) in [5.41, 5.74) is 1.31. The third-order valence-corrected chi connectivity index (χ3v) is 16.6. The molecule has 0 radical (unpaired) electrons. The predicted octanol–water partition coefficient (Wildman–Crippen LogP) is 4.53. The molecule has 10 rings (SSSR count). The minimum atomic E-state index is -4.02. The minimum Gasteiger partial charge on any atom is -0.443 e. The SMILES string of the molecule is CC(C)(C)OC(=O)NS(=O)(=O)N1CC2CC(Cc3nonc3-c3noc(=O)n3-c3ccc(F)c(Br)c3)CC2C1.NS(=O)(=O)N1CC2CC(Cc3nonc3-c3noc(=O)n3-c3ccc(F)c(Br)c3)CC2C1. The number of hydrogen-bond acceptors (Lipinski definition) is 18. The molecule has 4 aliphatic rings. The molecule has 6 aromatic rings. The van der Waals surface area contributed by atoms with Crippen molar-refractivity contribution in [2.24, 2.45) is 40.6 Å². The Bertz CT molecular complexity index is 3310. The summed E-state index contributed by atoms with van der Waals surface area (Å²) in [6, 6.07) is 8.09. The fraction of sp³-hybridized carbons (Fsp3) is 0.488. The average Bonchev–Trinajstić information content (AvgIpc) is 4.13. The van der Waals surface area contributed by atoms with E-state index in [1.165, 1.54) is 49.6 Å². The van der Waals surface area contributed by atoms with Crippen LogP contribution in [-0.4, -0.2) is 103 Å². The van der Waals surface area contributed by atoms with Crippen LogP contribution >= 0.6 is 31.9 Å². The first-order valence-corrected chi connectivity index (χ1v) is 26.5. The zero-order valence-corrected chi connectivity index (χ0v) is 42.6. The van der Waals surface area contributed by atoms with Crippen molar-refractivity contribution in [1.82, 2.24) is 53.4 Å². The van der Waals surface area contributed by atoms with E-state index in [4.69, 9.17) is 28.2 Å². The molecular formula is C41H44Br2F2N12O12S2. The van der Waals surface area contributed by atoms with Crippen LogP contribution in [0.25, 0.3) is 34.4 Å². The van der Waals surface area contributed by atoms with Gasteiger partial charge in [0.1, 0.15) is 28.6 Å². The van der Waals surface area contributed by atoms with E-state index >= 15 is 0 Å². The van der Waals surface area contributed by atoms with Crippen LogP contribution < -0.4 is 21.4 Å². The summed E-state index contributed by atoms with van der Waals surface area (Å²) in [5.74, 6) is -1.25. The molecule has 30 heteroatoms. The molecule has 4 unspecified atom stereocenters. The van der Waals surface area contributed by atoms with Crippen LogP contribution in [0.3, 0.4) is 0 Å². The third-order valence-electron chi connectivity index (χ3n) is 13.0. The molecule has 2 saturated carbocycles. The molecule has 2 aliphatic heterocycles. The van der Waals surface area contributed by atoms with E-state index in [1.807, 2.05) is 4.72 Å². The molecule has 0 spiro atoms. The Morgan fingerprint density at radius 2 is 1.11 bits per heavy atom. The number of hydrogen-bond donors (Lipinski definition) is 2. The number of rotatable bonds is 11. The van der Waals surface area contributed by atoms with Crippen LogP contribution in [-0.2, 0) is 38.0 Å². The Hall–Kier alpha value is -5.53. The molecule has 0 bridgehead atoms. The van der Waals surface area contributed by atoms with Crippen molar-refractivity contribution in [1.29, 1.82) is 0 Å². The normalized spacial score (nSPS) is 22.6. The van der Waals surface area contributed by atoms with Crippen LogP contribution in [0.15, 0.2) is 73.2 Å². The highest BCUT2D eigenvalue weighted by Gasteiger charge is 2.46. The lowest BCUT2D eigenvalue weighted by atomic mass is 9.98. The van der Waals surface area contributed by atoms with Crippen molar-refractivity contribution >= 4 is 58.4 Å². The predicted molar refractivity (Wildman–Crippen MR) is 247 cm³/mol. The molecule has 4 fully saturated rings. The first kappa shape index (κ1) is 50.4. The Morgan fingerprint density at radius 3 is 1.49 bits per heavy atom. The topological polar surface area (TPSA) is 313 Å². The lowest BCUT2D eigenvalue weighted by Crippen LogP contribution is -2.44. The summed E-state index contributed by atoms with van der Waals surface area (Å²) < 4.78 is 108. The molecule has 71 heavy (non-hydrogen) atoms. The highest BCUT2D eigenvalue weighted by Crippen LogP contribution is 2.45. The molecule has 1 amide bonds. The Kier molecular flexibility index (Phi) is 13.8. The molecule has 3 N–H and O–H groups in total. The van der Waals surface area contributed by atoms with Crippen LogP contribution in [0.4, 0.5) is 13.6 Å². The van der Waals surface area contributed by atoms with E-state index in [2.05, 4.69) is 62.8 Å². The van der Waals surface area contributed by atoms with Gasteiger partial charge in [-0.2, -0.15) is 25.4 Å². The summed E-state index contributed by atoms with van der Waals surface area (Å²) in [4.78, 5) is 36.7. The van der Waals surface area contributed by atoms with Crippen LogP contribution in [0.5, 0.6) is 0 Å². The number of aromatic nitrogens is 8. The van der Waals surface area contributed by atoms with Crippen LogP contribution in [0.1, 0.15) is 57.8 Å². The molecule has 4 aromatic heterocycles. The Labute approximate surface area is 418 Å². The fourth-order valence-electron chi connectivity index (χ4n) is 10.0. The molecule has 2 aromatic carbocycles.